The highest BCUT2D eigenvalue weighted by atomic mass is 19.4. The van der Waals surface area contributed by atoms with Crippen LogP contribution in [0.1, 0.15) is 55.3 Å². The van der Waals surface area contributed by atoms with E-state index in [0.717, 1.165) is 0 Å². The van der Waals surface area contributed by atoms with Crippen molar-refractivity contribution < 1.29 is 52.1 Å². The van der Waals surface area contributed by atoms with Gasteiger partial charge in [0.15, 0.2) is 6.29 Å². The number of aldehydes is 1. The maximum atomic E-state index is 12.3. The average Bonchev–Trinajstić information content (AvgIpc) is 2.79. The molecule has 4 N–H and O–H groups in total. The van der Waals surface area contributed by atoms with E-state index in [2.05, 4.69) is 5.43 Å². The molecule has 0 bridgehead atoms. The number of unbranched alkanes of at least 4 members (excludes halogenated alkanes) is 3. The van der Waals surface area contributed by atoms with Gasteiger partial charge in [0.25, 0.3) is 0 Å². The van der Waals surface area contributed by atoms with Crippen molar-refractivity contribution in [2.45, 2.75) is 51.1 Å². The lowest BCUT2D eigenvalue weighted by atomic mass is 10.2. The fourth-order valence-corrected chi connectivity index (χ4v) is 2.84. The Labute approximate surface area is 204 Å². The molecule has 0 aliphatic rings. The van der Waals surface area contributed by atoms with Gasteiger partial charge in [0.2, 0.25) is 11.8 Å². The third-order valence-electron chi connectivity index (χ3n) is 4.66. The molecule has 0 unspecified atom stereocenters. The zero-order chi connectivity index (χ0) is 27.1. The van der Waals surface area contributed by atoms with Gasteiger partial charge in [0, 0.05) is 25.5 Å². The van der Waals surface area contributed by atoms with E-state index in [1.54, 1.807) is 5.32 Å². The molecule has 14 heteroatoms. The van der Waals surface area contributed by atoms with Crippen LogP contribution >= 0.6 is 0 Å². The molecule has 1 rings (SSSR count). The number of alkyl halides is 3. The van der Waals surface area contributed by atoms with Crippen molar-refractivity contribution in [2.75, 3.05) is 19.7 Å². The number of amides is 3. The summed E-state index contributed by atoms with van der Waals surface area (Å²) in [7, 11) is 0. The first-order valence-corrected chi connectivity index (χ1v) is 11.0. The number of phenols is 1. The molecule has 0 spiro atoms. The van der Waals surface area contributed by atoms with Crippen LogP contribution in [-0.2, 0) is 19.2 Å². The Morgan fingerprint density at radius 3 is 2.33 bits per heavy atom. The van der Waals surface area contributed by atoms with Crippen LogP contribution in [0, 0.1) is 0 Å². The van der Waals surface area contributed by atoms with Gasteiger partial charge in [-0.1, -0.05) is 6.42 Å². The maximum absolute atomic E-state index is 12.3. The molecule has 1 aromatic rings. The molecule has 0 heterocycles. The largest absolute Gasteiger partial charge is 0.507 e. The van der Waals surface area contributed by atoms with Crippen LogP contribution in [0.4, 0.5) is 13.2 Å². The van der Waals surface area contributed by atoms with E-state index in [-0.39, 0.29) is 50.1 Å². The van der Waals surface area contributed by atoms with Crippen LogP contribution in [0.3, 0.4) is 0 Å². The molecule has 200 valence electrons. The van der Waals surface area contributed by atoms with Gasteiger partial charge in [0.1, 0.15) is 18.0 Å². The monoisotopic (exact) mass is 519 g/mol. The smallest absolute Gasteiger partial charge is 0.471 e. The van der Waals surface area contributed by atoms with E-state index < -0.39 is 36.4 Å². The Morgan fingerprint density at radius 1 is 1.03 bits per heavy atom. The molecule has 0 radical (unpaired) electrons. The lowest BCUT2D eigenvalue weighted by Gasteiger charge is -2.21. The molecule has 0 atom stereocenters. The van der Waals surface area contributed by atoms with Crippen molar-refractivity contribution in [2.24, 2.45) is 0 Å². The lowest BCUT2D eigenvalue weighted by Crippen LogP contribution is -2.48. The Hall–Kier alpha value is -3.84. The minimum atomic E-state index is -4.97. The number of hydrazine groups is 1. The summed E-state index contributed by atoms with van der Waals surface area (Å²) in [6.07, 6.45) is -3.16. The van der Waals surface area contributed by atoms with Crippen LogP contribution in [0.25, 0.3) is 0 Å². The summed E-state index contributed by atoms with van der Waals surface area (Å²) < 4.78 is 41.7. The predicted octanol–water partition coefficient (Wildman–Crippen LogP) is 1.94. The van der Waals surface area contributed by atoms with Crippen molar-refractivity contribution in [3.05, 3.63) is 23.8 Å². The zero-order valence-electron chi connectivity index (χ0n) is 19.3. The van der Waals surface area contributed by atoms with Gasteiger partial charge in [-0.2, -0.15) is 13.2 Å². The molecule has 0 saturated heterocycles. The van der Waals surface area contributed by atoms with Crippen LogP contribution < -0.4 is 15.5 Å². The number of aromatic hydroxyl groups is 1. The van der Waals surface area contributed by atoms with Gasteiger partial charge in [-0.25, -0.2) is 5.01 Å². The molecular weight excluding hydrogens is 491 g/mol. The minimum absolute atomic E-state index is 0.0268. The van der Waals surface area contributed by atoms with E-state index in [9.17, 15) is 42.3 Å². The van der Waals surface area contributed by atoms with Crippen molar-refractivity contribution in [3.63, 3.8) is 0 Å². The molecule has 3 amide bonds. The first-order chi connectivity index (χ1) is 16.9. The second-order valence-corrected chi connectivity index (χ2v) is 7.62. The standard InChI is InChI=1S/C22H28F3N3O8/c23-22(24,25)21(35)26-10-4-1-2-7-19(32)28(13-20(33)34)27-18(31)6-3-5-11-36-16-9-8-15(14-29)17(30)12-16/h8-9,12,14,30H,1-7,10-11,13H2,(H,26,35)(H,27,31)(H,33,34). The number of nitrogens with one attached hydrogen (secondary N) is 2. The molecule has 0 aromatic heterocycles. The number of aliphatic carboxylic acids is 1. The maximum Gasteiger partial charge on any atom is 0.471 e. The number of rotatable bonds is 15. The number of halogens is 3. The molecule has 11 nitrogen and oxygen atoms in total. The number of carboxylic acids is 1. The number of carboxylic acid groups (broad SMARTS) is 1. The van der Waals surface area contributed by atoms with E-state index in [4.69, 9.17) is 9.84 Å². The zero-order valence-corrected chi connectivity index (χ0v) is 19.3. The van der Waals surface area contributed by atoms with Crippen molar-refractivity contribution in [1.29, 1.82) is 0 Å². The van der Waals surface area contributed by atoms with Crippen molar-refractivity contribution in [3.8, 4) is 11.5 Å². The Bertz CT molecular complexity index is 924. The quantitative estimate of drug-likeness (QED) is 0.155. The first kappa shape index (κ1) is 30.2. The van der Waals surface area contributed by atoms with Gasteiger partial charge < -0.3 is 20.3 Å². The Morgan fingerprint density at radius 2 is 1.72 bits per heavy atom. The highest BCUT2D eigenvalue weighted by Crippen LogP contribution is 2.22. The molecule has 0 fully saturated rings. The minimum Gasteiger partial charge on any atom is -0.507 e. The Balaban J connectivity index is 2.32. The highest BCUT2D eigenvalue weighted by Gasteiger charge is 2.38. The van der Waals surface area contributed by atoms with Crippen LogP contribution in [0.15, 0.2) is 18.2 Å². The summed E-state index contributed by atoms with van der Waals surface area (Å²) in [6.45, 7) is -0.791. The van der Waals surface area contributed by atoms with Gasteiger partial charge in [-0.3, -0.25) is 29.4 Å². The number of hydrogen-bond donors (Lipinski definition) is 4. The van der Waals surface area contributed by atoms with E-state index in [1.807, 2.05) is 0 Å². The second-order valence-electron chi connectivity index (χ2n) is 7.62. The number of benzene rings is 1. The molecule has 1 aromatic carbocycles. The third-order valence-corrected chi connectivity index (χ3v) is 4.66. The number of carbonyl (C=O) groups is 5. The summed E-state index contributed by atoms with van der Waals surface area (Å²) >= 11 is 0. The first-order valence-electron chi connectivity index (χ1n) is 11.0. The average molecular weight is 519 g/mol. The molecular formula is C22H28F3N3O8. The topological polar surface area (TPSA) is 162 Å². The summed E-state index contributed by atoms with van der Waals surface area (Å²) in [4.78, 5) is 56.8. The number of ether oxygens (including phenoxy) is 1. The van der Waals surface area contributed by atoms with E-state index in [1.165, 1.54) is 18.2 Å². The van der Waals surface area contributed by atoms with Crippen LogP contribution in [0.2, 0.25) is 0 Å². The summed E-state index contributed by atoms with van der Waals surface area (Å²) in [6, 6.07) is 4.18. The third kappa shape index (κ3) is 12.0. The number of carbonyl (C=O) groups excluding carboxylic acids is 4. The molecule has 0 aliphatic heterocycles. The lowest BCUT2D eigenvalue weighted by molar-refractivity contribution is -0.173. The van der Waals surface area contributed by atoms with Gasteiger partial charge in [-0.05, 0) is 37.8 Å². The number of phenolic OH excluding ortho intramolecular Hbond substituents is 1. The van der Waals surface area contributed by atoms with Crippen LogP contribution in [0.5, 0.6) is 11.5 Å². The van der Waals surface area contributed by atoms with E-state index >= 15 is 0 Å². The van der Waals surface area contributed by atoms with Gasteiger partial charge in [-0.15, -0.1) is 0 Å². The van der Waals surface area contributed by atoms with Crippen LogP contribution in [-0.4, -0.2) is 71.1 Å². The SMILES string of the molecule is O=Cc1ccc(OCCCCC(=O)NN(CC(=O)O)C(=O)CCCCCNC(=O)C(F)(F)F)cc1O. The summed E-state index contributed by atoms with van der Waals surface area (Å²) in [5.74, 6) is -4.55. The van der Waals surface area contributed by atoms with Gasteiger partial charge in [0.05, 0.1) is 12.2 Å². The van der Waals surface area contributed by atoms with Gasteiger partial charge >= 0.3 is 18.1 Å². The molecule has 0 aliphatic carbocycles. The van der Waals surface area contributed by atoms with Crippen molar-refractivity contribution in [1.82, 2.24) is 15.8 Å². The fraction of sp³-hybridized carbons (Fsp3) is 0.500. The predicted molar refractivity (Wildman–Crippen MR) is 118 cm³/mol. The van der Waals surface area contributed by atoms with E-state index in [0.29, 0.717) is 36.3 Å². The number of hydrogen-bond acceptors (Lipinski definition) is 7. The normalized spacial score (nSPS) is 10.9. The number of nitrogens with zero attached hydrogens (tertiary/aromatic N) is 1. The Kier molecular flexibility index (Phi) is 12.8. The molecule has 0 saturated carbocycles. The summed E-state index contributed by atoms with van der Waals surface area (Å²) in [5, 5.41) is 21.0. The molecule has 36 heavy (non-hydrogen) atoms. The highest BCUT2D eigenvalue weighted by molar-refractivity contribution is 5.85. The van der Waals surface area contributed by atoms with Crippen molar-refractivity contribution >= 4 is 30.0 Å². The fourth-order valence-electron chi connectivity index (χ4n) is 2.84. The second kappa shape index (κ2) is 15.2. The summed E-state index contributed by atoms with van der Waals surface area (Å²) in [5.41, 5.74) is 2.35.